The van der Waals surface area contributed by atoms with Crippen LogP contribution in [-0.2, 0) is 4.79 Å². The normalized spacial score (nSPS) is 32.6. The Kier molecular flexibility index (Phi) is 5.43. The summed E-state index contributed by atoms with van der Waals surface area (Å²) in [6.07, 6.45) is 9.06. The first-order valence-electron chi connectivity index (χ1n) is 11.6. The minimum Gasteiger partial charge on any atom is -0.335 e. The van der Waals surface area contributed by atoms with Crippen molar-refractivity contribution in [2.75, 3.05) is 32.7 Å². The third-order valence-electron chi connectivity index (χ3n) is 7.96. The Hall–Kier alpha value is -1.39. The van der Waals surface area contributed by atoms with Gasteiger partial charge in [-0.15, -0.1) is 0 Å². The first-order chi connectivity index (χ1) is 13.8. The van der Waals surface area contributed by atoms with E-state index in [1.54, 1.807) is 0 Å². The Morgan fingerprint density at radius 3 is 2.43 bits per heavy atom. The van der Waals surface area contributed by atoms with E-state index in [1.807, 2.05) is 0 Å². The molecule has 3 atom stereocenters. The molecular weight excluding hydrogens is 346 g/mol. The molecule has 3 saturated heterocycles. The maximum atomic E-state index is 13.6. The van der Waals surface area contributed by atoms with Gasteiger partial charge in [0.25, 0.3) is 0 Å². The topological polar surface area (TPSA) is 35.6 Å². The summed E-state index contributed by atoms with van der Waals surface area (Å²) < 4.78 is 0. The van der Waals surface area contributed by atoms with Crippen LogP contribution >= 0.6 is 0 Å². The monoisotopic (exact) mass is 381 g/mol. The van der Waals surface area contributed by atoms with Gasteiger partial charge in [0.2, 0.25) is 5.91 Å². The van der Waals surface area contributed by atoms with Crippen molar-refractivity contribution < 1.29 is 4.79 Å². The summed E-state index contributed by atoms with van der Waals surface area (Å²) in [5.74, 6) is 1.87. The van der Waals surface area contributed by atoms with E-state index in [0.717, 1.165) is 51.6 Å². The van der Waals surface area contributed by atoms with E-state index in [9.17, 15) is 4.79 Å². The van der Waals surface area contributed by atoms with Crippen LogP contribution in [0.5, 0.6) is 0 Å². The van der Waals surface area contributed by atoms with Gasteiger partial charge in [0.15, 0.2) is 0 Å². The summed E-state index contributed by atoms with van der Waals surface area (Å²) in [7, 11) is 0. The van der Waals surface area contributed by atoms with Crippen LogP contribution in [0.3, 0.4) is 0 Å². The molecule has 152 valence electrons. The lowest BCUT2D eigenvalue weighted by Gasteiger charge is -2.40. The van der Waals surface area contributed by atoms with E-state index in [-0.39, 0.29) is 12.0 Å². The first-order valence-corrected chi connectivity index (χ1v) is 11.6. The first kappa shape index (κ1) is 18.6. The van der Waals surface area contributed by atoms with Crippen LogP contribution in [0.2, 0.25) is 0 Å². The average molecular weight is 382 g/mol. The summed E-state index contributed by atoms with van der Waals surface area (Å²) in [4.78, 5) is 18.6. The lowest BCUT2D eigenvalue weighted by atomic mass is 9.88. The van der Waals surface area contributed by atoms with Gasteiger partial charge in [-0.25, -0.2) is 0 Å². The Balaban J connectivity index is 1.27. The van der Waals surface area contributed by atoms with Crippen molar-refractivity contribution in [3.05, 3.63) is 35.9 Å². The zero-order valence-corrected chi connectivity index (χ0v) is 17.1. The van der Waals surface area contributed by atoms with Gasteiger partial charge in [0.05, 0.1) is 6.04 Å². The van der Waals surface area contributed by atoms with Crippen molar-refractivity contribution >= 4 is 5.91 Å². The molecule has 4 fully saturated rings. The zero-order chi connectivity index (χ0) is 18.9. The molecular formula is C24H35N3O. The van der Waals surface area contributed by atoms with Crippen LogP contribution in [0.4, 0.5) is 0 Å². The van der Waals surface area contributed by atoms with Crippen molar-refractivity contribution in [1.29, 1.82) is 0 Å². The Morgan fingerprint density at radius 1 is 0.929 bits per heavy atom. The lowest BCUT2D eigenvalue weighted by Crippen LogP contribution is -2.46. The second kappa shape index (κ2) is 8.16. The minimum atomic E-state index is 0.234. The van der Waals surface area contributed by atoms with Crippen molar-refractivity contribution in [2.45, 2.75) is 57.0 Å². The van der Waals surface area contributed by atoms with Crippen molar-refractivity contribution in [2.24, 2.45) is 17.8 Å². The highest BCUT2D eigenvalue weighted by Gasteiger charge is 2.48. The smallest absolute Gasteiger partial charge is 0.226 e. The maximum absolute atomic E-state index is 13.6. The highest BCUT2D eigenvalue weighted by Crippen LogP contribution is 2.44. The molecule has 5 rings (SSSR count). The minimum absolute atomic E-state index is 0.234. The van der Waals surface area contributed by atoms with Crippen LogP contribution in [0, 0.1) is 17.8 Å². The van der Waals surface area contributed by atoms with E-state index in [4.69, 9.17) is 0 Å². The lowest BCUT2D eigenvalue weighted by molar-refractivity contribution is -0.138. The molecule has 1 aliphatic carbocycles. The van der Waals surface area contributed by atoms with Crippen molar-refractivity contribution in [3.8, 4) is 0 Å². The number of hydrogen-bond donors (Lipinski definition) is 1. The van der Waals surface area contributed by atoms with Gasteiger partial charge in [-0.1, -0.05) is 49.6 Å². The molecule has 4 nitrogen and oxygen atoms in total. The number of benzene rings is 1. The highest BCUT2D eigenvalue weighted by atomic mass is 16.2. The van der Waals surface area contributed by atoms with Gasteiger partial charge in [0, 0.05) is 37.5 Å². The summed E-state index contributed by atoms with van der Waals surface area (Å²) >= 11 is 0. The molecule has 1 aromatic carbocycles. The molecule has 1 aromatic rings. The predicted molar refractivity (Wildman–Crippen MR) is 112 cm³/mol. The van der Waals surface area contributed by atoms with Crippen LogP contribution < -0.4 is 5.32 Å². The Labute approximate surface area is 169 Å². The fraction of sp³-hybridized carbons (Fsp3) is 0.708. The SMILES string of the molecule is O=C(C1CCN(C2CCCCC2)CC1)N1C[C@@H]2CNC[C@@H]2[C@H]1c1ccccc1. The number of carbonyl (C=O) groups excluding carboxylic acids is 1. The number of fused-ring (bicyclic) bond motifs is 1. The van der Waals surface area contributed by atoms with Crippen LogP contribution in [0.1, 0.15) is 56.6 Å². The molecule has 1 amide bonds. The van der Waals surface area contributed by atoms with Gasteiger partial charge in [-0.05, 0) is 50.3 Å². The van der Waals surface area contributed by atoms with E-state index >= 15 is 0 Å². The molecule has 28 heavy (non-hydrogen) atoms. The largest absolute Gasteiger partial charge is 0.335 e. The van der Waals surface area contributed by atoms with E-state index in [2.05, 4.69) is 45.4 Å². The van der Waals surface area contributed by atoms with Gasteiger partial charge >= 0.3 is 0 Å². The van der Waals surface area contributed by atoms with Gasteiger partial charge in [-0.3, -0.25) is 4.79 Å². The number of nitrogens with zero attached hydrogens (tertiary/aromatic N) is 2. The van der Waals surface area contributed by atoms with Gasteiger partial charge < -0.3 is 15.1 Å². The van der Waals surface area contributed by atoms with Crippen LogP contribution in [0.15, 0.2) is 30.3 Å². The second-order valence-corrected chi connectivity index (χ2v) is 9.53. The molecule has 4 heteroatoms. The molecule has 3 heterocycles. The standard InChI is InChI=1S/C24H35N3O/c28-24(19-11-13-26(14-12-19)21-9-5-2-6-10-21)27-17-20-15-25-16-22(20)23(27)18-7-3-1-4-8-18/h1,3-4,7-8,19-23,25H,2,5-6,9-17H2/t20-,22-,23+/m0/s1. The molecule has 0 unspecified atom stereocenters. The predicted octanol–water partition coefficient (Wildman–Crippen LogP) is 3.45. The summed E-state index contributed by atoms with van der Waals surface area (Å²) in [6.45, 7) is 5.31. The summed E-state index contributed by atoms with van der Waals surface area (Å²) in [6, 6.07) is 11.8. The Morgan fingerprint density at radius 2 is 1.68 bits per heavy atom. The second-order valence-electron chi connectivity index (χ2n) is 9.53. The van der Waals surface area contributed by atoms with Crippen molar-refractivity contribution in [1.82, 2.24) is 15.1 Å². The van der Waals surface area contributed by atoms with E-state index in [0.29, 0.717) is 17.7 Å². The highest BCUT2D eigenvalue weighted by molar-refractivity contribution is 5.80. The molecule has 0 radical (unpaired) electrons. The molecule has 4 aliphatic rings. The molecule has 0 bridgehead atoms. The molecule has 3 aliphatic heterocycles. The maximum Gasteiger partial charge on any atom is 0.226 e. The van der Waals surface area contributed by atoms with Gasteiger partial charge in [-0.2, -0.15) is 0 Å². The average Bonchev–Trinajstić information content (AvgIpc) is 3.36. The van der Waals surface area contributed by atoms with Crippen LogP contribution in [0.25, 0.3) is 0 Å². The number of likely N-dealkylation sites (tertiary alicyclic amines) is 2. The summed E-state index contributed by atoms with van der Waals surface area (Å²) in [5.41, 5.74) is 1.33. The van der Waals surface area contributed by atoms with E-state index in [1.165, 1.54) is 37.7 Å². The third-order valence-corrected chi connectivity index (χ3v) is 7.96. The number of hydrogen-bond acceptors (Lipinski definition) is 3. The number of rotatable bonds is 3. The zero-order valence-electron chi connectivity index (χ0n) is 17.1. The third kappa shape index (κ3) is 3.50. The van der Waals surface area contributed by atoms with Crippen LogP contribution in [-0.4, -0.2) is 54.5 Å². The van der Waals surface area contributed by atoms with Crippen molar-refractivity contribution in [3.63, 3.8) is 0 Å². The number of amides is 1. The quantitative estimate of drug-likeness (QED) is 0.871. The molecule has 0 spiro atoms. The number of nitrogens with one attached hydrogen (secondary N) is 1. The summed E-state index contributed by atoms with van der Waals surface area (Å²) in [5, 5.41) is 3.56. The number of carbonyl (C=O) groups is 1. The molecule has 1 N–H and O–H groups in total. The fourth-order valence-electron chi connectivity index (χ4n) is 6.42. The molecule has 1 saturated carbocycles. The fourth-order valence-corrected chi connectivity index (χ4v) is 6.42. The van der Waals surface area contributed by atoms with E-state index < -0.39 is 0 Å². The Bertz CT molecular complexity index is 664. The van der Waals surface area contributed by atoms with Gasteiger partial charge in [0.1, 0.15) is 0 Å². The number of piperidine rings is 1. The molecule has 0 aromatic heterocycles.